The number of allylic oxidation sites excluding steroid dienone is 3. The summed E-state index contributed by atoms with van der Waals surface area (Å²) in [5, 5.41) is 20.7. The fraction of sp³-hybridized carbons (Fsp3) is 0.800. The molecule has 1 rings (SSSR count). The van der Waals surface area contributed by atoms with E-state index < -0.39 is 0 Å². The second-order valence-corrected chi connectivity index (χ2v) is 8.54. The minimum atomic E-state index is -0.364. The summed E-state index contributed by atoms with van der Waals surface area (Å²) in [5.74, 6) is 0.429. The van der Waals surface area contributed by atoms with Crippen LogP contribution in [-0.4, -0.2) is 35.5 Å². The van der Waals surface area contributed by atoms with Gasteiger partial charge in [0, 0.05) is 6.42 Å². The number of methoxy groups -OCH3 is 1. The number of esters is 1. The fourth-order valence-electron chi connectivity index (χ4n) is 4.31. The number of rotatable bonds is 15. The van der Waals surface area contributed by atoms with Gasteiger partial charge >= 0.3 is 5.97 Å². The molecule has 1 aliphatic carbocycles. The molecule has 4 atom stereocenters. The van der Waals surface area contributed by atoms with Crippen LogP contribution < -0.4 is 0 Å². The van der Waals surface area contributed by atoms with E-state index in [1.54, 1.807) is 0 Å². The molecule has 168 valence electrons. The van der Waals surface area contributed by atoms with Gasteiger partial charge in [0.05, 0.1) is 19.3 Å². The lowest BCUT2D eigenvalue weighted by atomic mass is 9.75. The highest BCUT2D eigenvalue weighted by molar-refractivity contribution is 5.68. The fourth-order valence-corrected chi connectivity index (χ4v) is 4.31. The van der Waals surface area contributed by atoms with Crippen LogP contribution in [0, 0.1) is 11.8 Å². The van der Waals surface area contributed by atoms with E-state index in [1.807, 2.05) is 18.2 Å². The van der Waals surface area contributed by atoms with Crippen LogP contribution in [0.5, 0.6) is 0 Å². The van der Waals surface area contributed by atoms with Crippen molar-refractivity contribution < 1.29 is 19.7 Å². The summed E-state index contributed by atoms with van der Waals surface area (Å²) >= 11 is 0. The molecule has 0 aromatic heterocycles. The van der Waals surface area contributed by atoms with E-state index in [0.717, 1.165) is 32.1 Å². The summed E-state index contributed by atoms with van der Waals surface area (Å²) in [6.45, 7) is 2.23. The summed E-state index contributed by atoms with van der Waals surface area (Å²) in [4.78, 5) is 11.2. The van der Waals surface area contributed by atoms with Crippen LogP contribution in [0.1, 0.15) is 96.8 Å². The Morgan fingerprint density at radius 2 is 1.72 bits per heavy atom. The first kappa shape index (κ1) is 25.9. The Hall–Kier alpha value is -1.13. The molecule has 0 aromatic carbocycles. The average Bonchev–Trinajstić information content (AvgIpc) is 2.73. The van der Waals surface area contributed by atoms with E-state index in [-0.39, 0.29) is 24.1 Å². The number of ether oxygens (including phenoxy) is 1. The second-order valence-electron chi connectivity index (χ2n) is 8.54. The molecule has 1 aliphatic rings. The van der Waals surface area contributed by atoms with Crippen molar-refractivity contribution in [2.24, 2.45) is 11.8 Å². The Morgan fingerprint density at radius 3 is 2.48 bits per heavy atom. The topological polar surface area (TPSA) is 66.8 Å². The number of hydrogen-bond donors (Lipinski definition) is 2. The second kappa shape index (κ2) is 16.6. The van der Waals surface area contributed by atoms with Gasteiger partial charge < -0.3 is 14.9 Å². The third-order valence-corrected chi connectivity index (χ3v) is 6.13. The molecule has 0 aliphatic heterocycles. The molecule has 0 spiro atoms. The van der Waals surface area contributed by atoms with E-state index in [9.17, 15) is 15.0 Å². The summed E-state index contributed by atoms with van der Waals surface area (Å²) in [6.07, 6.45) is 21.8. The van der Waals surface area contributed by atoms with Crippen LogP contribution in [-0.2, 0) is 9.53 Å². The first-order chi connectivity index (χ1) is 14.1. The number of aliphatic hydroxyl groups excluding tert-OH is 2. The maximum atomic E-state index is 11.2. The maximum Gasteiger partial charge on any atom is 0.305 e. The number of carbonyl (C=O) groups is 1. The first-order valence-corrected chi connectivity index (χ1v) is 11.9. The van der Waals surface area contributed by atoms with Crippen molar-refractivity contribution in [3.63, 3.8) is 0 Å². The van der Waals surface area contributed by atoms with Gasteiger partial charge in [0.1, 0.15) is 0 Å². The van der Waals surface area contributed by atoms with Crippen molar-refractivity contribution >= 4 is 5.97 Å². The number of unbranched alkanes of at least 4 members (excludes halogenated alkanes) is 5. The summed E-state index contributed by atoms with van der Waals surface area (Å²) in [5.41, 5.74) is 0. The highest BCUT2D eigenvalue weighted by atomic mass is 16.5. The predicted molar refractivity (Wildman–Crippen MR) is 120 cm³/mol. The van der Waals surface area contributed by atoms with Crippen molar-refractivity contribution in [1.29, 1.82) is 0 Å². The molecule has 0 radical (unpaired) electrons. The predicted octanol–water partition coefficient (Wildman–Crippen LogP) is 5.72. The molecule has 1 fully saturated rings. The van der Waals surface area contributed by atoms with Crippen molar-refractivity contribution in [3.05, 3.63) is 24.3 Å². The molecular weight excluding hydrogens is 364 g/mol. The summed E-state index contributed by atoms with van der Waals surface area (Å²) in [7, 11) is 1.40. The molecule has 2 N–H and O–H groups in total. The molecular formula is C25H44O4. The molecule has 0 aromatic rings. The number of carbonyl (C=O) groups excluding carboxylic acids is 1. The Kier molecular flexibility index (Phi) is 14.9. The van der Waals surface area contributed by atoms with Crippen molar-refractivity contribution in [3.8, 4) is 0 Å². The molecule has 4 nitrogen and oxygen atoms in total. The van der Waals surface area contributed by atoms with Crippen LogP contribution in [0.2, 0.25) is 0 Å². The van der Waals surface area contributed by atoms with Gasteiger partial charge in [0.25, 0.3) is 0 Å². The molecule has 0 bridgehead atoms. The lowest BCUT2D eigenvalue weighted by molar-refractivity contribution is -0.140. The Balaban J connectivity index is 2.33. The van der Waals surface area contributed by atoms with Crippen molar-refractivity contribution in [1.82, 2.24) is 0 Å². The quantitative estimate of drug-likeness (QED) is 0.207. The maximum absolute atomic E-state index is 11.2. The molecule has 29 heavy (non-hydrogen) atoms. The first-order valence-electron chi connectivity index (χ1n) is 11.9. The minimum absolute atomic E-state index is 0.207. The van der Waals surface area contributed by atoms with Crippen LogP contribution >= 0.6 is 0 Å². The molecule has 4 heteroatoms. The molecule has 1 saturated carbocycles. The van der Waals surface area contributed by atoms with Gasteiger partial charge in [-0.3, -0.25) is 4.79 Å². The molecule has 0 saturated heterocycles. The summed E-state index contributed by atoms with van der Waals surface area (Å²) in [6, 6.07) is 0. The lowest BCUT2D eigenvalue weighted by Crippen LogP contribution is -2.30. The van der Waals surface area contributed by atoms with Crippen LogP contribution in [0.4, 0.5) is 0 Å². The summed E-state index contributed by atoms with van der Waals surface area (Å²) < 4.78 is 4.67. The highest BCUT2D eigenvalue weighted by Gasteiger charge is 2.28. The van der Waals surface area contributed by atoms with Gasteiger partial charge in [-0.05, 0) is 43.9 Å². The molecule has 0 heterocycles. The third-order valence-electron chi connectivity index (χ3n) is 6.13. The Labute approximate surface area is 178 Å². The zero-order valence-electron chi connectivity index (χ0n) is 18.7. The van der Waals surface area contributed by atoms with Gasteiger partial charge in [-0.15, -0.1) is 0 Å². The van der Waals surface area contributed by atoms with Crippen LogP contribution in [0.25, 0.3) is 0 Å². The van der Waals surface area contributed by atoms with Gasteiger partial charge in [-0.2, -0.15) is 0 Å². The lowest BCUT2D eigenvalue weighted by Gasteiger charge is -2.33. The van der Waals surface area contributed by atoms with Gasteiger partial charge in [0.15, 0.2) is 0 Å². The smallest absolute Gasteiger partial charge is 0.305 e. The van der Waals surface area contributed by atoms with E-state index in [4.69, 9.17) is 0 Å². The molecule has 4 unspecified atom stereocenters. The van der Waals surface area contributed by atoms with Crippen molar-refractivity contribution in [2.75, 3.05) is 7.11 Å². The SMILES string of the molecule is CCCCCCCCC(O)/C=C/C=C/C1CCCCC1C(O)CCCC(=O)OC. The molecule has 0 amide bonds. The zero-order chi connectivity index (χ0) is 21.3. The van der Waals surface area contributed by atoms with E-state index >= 15 is 0 Å². The zero-order valence-corrected chi connectivity index (χ0v) is 18.7. The normalized spacial score (nSPS) is 22.2. The van der Waals surface area contributed by atoms with E-state index in [1.165, 1.54) is 45.6 Å². The largest absolute Gasteiger partial charge is 0.469 e. The van der Waals surface area contributed by atoms with Gasteiger partial charge in [-0.1, -0.05) is 82.6 Å². The average molecular weight is 409 g/mol. The van der Waals surface area contributed by atoms with Gasteiger partial charge in [0.2, 0.25) is 0 Å². The van der Waals surface area contributed by atoms with Gasteiger partial charge in [-0.25, -0.2) is 0 Å². The number of hydrogen-bond acceptors (Lipinski definition) is 4. The monoisotopic (exact) mass is 408 g/mol. The van der Waals surface area contributed by atoms with Crippen molar-refractivity contribution in [2.45, 2.75) is 109 Å². The van der Waals surface area contributed by atoms with E-state index in [2.05, 4.69) is 17.7 Å². The highest BCUT2D eigenvalue weighted by Crippen LogP contribution is 2.35. The van der Waals surface area contributed by atoms with E-state index in [0.29, 0.717) is 25.2 Å². The Bertz CT molecular complexity index is 471. The number of aliphatic hydroxyl groups is 2. The third kappa shape index (κ3) is 12.2. The van der Waals surface area contributed by atoms with Crippen LogP contribution in [0.3, 0.4) is 0 Å². The minimum Gasteiger partial charge on any atom is -0.469 e. The standard InChI is InChI=1S/C25H44O4/c1-3-4-5-6-7-8-16-22(26)17-11-9-14-21-15-10-12-18-23(21)24(27)19-13-20-25(28)29-2/h9,11,14,17,21-24,26-27H,3-8,10,12-13,15-16,18-20H2,1-2H3/b14-9+,17-11+. The van der Waals surface area contributed by atoms with Crippen LogP contribution in [0.15, 0.2) is 24.3 Å². The Morgan fingerprint density at radius 1 is 1.00 bits per heavy atom.